The predicted octanol–water partition coefficient (Wildman–Crippen LogP) is -0.174. The van der Waals surface area contributed by atoms with Gasteiger partial charge in [-0.05, 0) is 24.7 Å². The minimum Gasteiger partial charge on any atom is -0.412 e. The average Bonchev–Trinajstić information content (AvgIpc) is 2.25. The van der Waals surface area contributed by atoms with E-state index >= 15 is 0 Å². The van der Waals surface area contributed by atoms with Crippen LogP contribution in [0.5, 0.6) is 0 Å². The Labute approximate surface area is 101 Å². The SMILES string of the molecule is O.O.O=C1NC(=O)C2CCCC3CCCC1C32. The summed E-state index contributed by atoms with van der Waals surface area (Å²) in [7, 11) is 0. The summed E-state index contributed by atoms with van der Waals surface area (Å²) >= 11 is 0. The van der Waals surface area contributed by atoms with Crippen molar-refractivity contribution in [2.24, 2.45) is 23.7 Å². The van der Waals surface area contributed by atoms with Gasteiger partial charge in [0.25, 0.3) is 0 Å². The van der Waals surface area contributed by atoms with Gasteiger partial charge < -0.3 is 11.0 Å². The highest BCUT2D eigenvalue weighted by atomic mass is 16.2. The van der Waals surface area contributed by atoms with Crippen LogP contribution >= 0.6 is 0 Å². The van der Waals surface area contributed by atoms with E-state index in [1.54, 1.807) is 0 Å². The van der Waals surface area contributed by atoms with E-state index in [9.17, 15) is 9.59 Å². The molecule has 2 unspecified atom stereocenters. The van der Waals surface area contributed by atoms with E-state index < -0.39 is 0 Å². The fourth-order valence-corrected chi connectivity index (χ4v) is 3.97. The quantitative estimate of drug-likeness (QED) is 0.596. The van der Waals surface area contributed by atoms with Crippen molar-refractivity contribution in [3.63, 3.8) is 0 Å². The molecule has 2 saturated carbocycles. The van der Waals surface area contributed by atoms with Crippen molar-refractivity contribution in [2.45, 2.75) is 38.5 Å². The molecule has 3 fully saturated rings. The van der Waals surface area contributed by atoms with Gasteiger partial charge in [-0.1, -0.05) is 25.7 Å². The zero-order valence-corrected chi connectivity index (χ0v) is 9.87. The Morgan fingerprint density at radius 2 is 1.29 bits per heavy atom. The highest BCUT2D eigenvalue weighted by Gasteiger charge is 2.49. The first-order valence-electron chi connectivity index (χ1n) is 6.12. The van der Waals surface area contributed by atoms with Gasteiger partial charge in [-0.2, -0.15) is 0 Å². The number of hydrogen-bond donors (Lipinski definition) is 1. The van der Waals surface area contributed by atoms with Gasteiger partial charge in [-0.3, -0.25) is 14.9 Å². The zero-order chi connectivity index (χ0) is 10.4. The molecule has 0 aromatic heterocycles. The molecule has 2 amide bonds. The third-order valence-electron chi connectivity index (χ3n) is 4.57. The van der Waals surface area contributed by atoms with Gasteiger partial charge >= 0.3 is 0 Å². The van der Waals surface area contributed by atoms with Crippen molar-refractivity contribution >= 4 is 11.8 Å². The summed E-state index contributed by atoms with van der Waals surface area (Å²) in [5.41, 5.74) is 0. The Kier molecular flexibility index (Phi) is 4.27. The Balaban J connectivity index is 0.000000722. The van der Waals surface area contributed by atoms with E-state index in [4.69, 9.17) is 0 Å². The van der Waals surface area contributed by atoms with Crippen LogP contribution in [-0.4, -0.2) is 22.8 Å². The summed E-state index contributed by atoms with van der Waals surface area (Å²) in [6.45, 7) is 0. The molecule has 0 aromatic carbocycles. The van der Waals surface area contributed by atoms with Crippen LogP contribution in [0.25, 0.3) is 0 Å². The second-order valence-electron chi connectivity index (χ2n) is 5.27. The molecule has 2 aliphatic carbocycles. The number of imide groups is 1. The number of nitrogens with one attached hydrogen (secondary N) is 1. The molecule has 0 radical (unpaired) electrons. The largest absolute Gasteiger partial charge is 0.412 e. The van der Waals surface area contributed by atoms with Gasteiger partial charge in [0.1, 0.15) is 0 Å². The van der Waals surface area contributed by atoms with Gasteiger partial charge in [0.05, 0.1) is 0 Å². The van der Waals surface area contributed by atoms with Gasteiger partial charge in [0.2, 0.25) is 11.8 Å². The molecule has 5 heteroatoms. The van der Waals surface area contributed by atoms with E-state index in [1.165, 1.54) is 25.7 Å². The average molecular weight is 243 g/mol. The fraction of sp³-hybridized carbons (Fsp3) is 0.833. The lowest BCUT2D eigenvalue weighted by Gasteiger charge is -2.47. The summed E-state index contributed by atoms with van der Waals surface area (Å²) in [5, 5.41) is 2.56. The molecule has 98 valence electrons. The van der Waals surface area contributed by atoms with Crippen LogP contribution < -0.4 is 5.32 Å². The van der Waals surface area contributed by atoms with E-state index in [0.29, 0.717) is 11.8 Å². The summed E-state index contributed by atoms with van der Waals surface area (Å²) < 4.78 is 0. The topological polar surface area (TPSA) is 109 Å². The van der Waals surface area contributed by atoms with Crippen molar-refractivity contribution in [1.82, 2.24) is 5.32 Å². The number of carbonyl (C=O) groups excluding carboxylic acids is 2. The van der Waals surface area contributed by atoms with E-state index in [2.05, 4.69) is 5.32 Å². The van der Waals surface area contributed by atoms with Crippen molar-refractivity contribution in [3.8, 4) is 0 Å². The zero-order valence-electron chi connectivity index (χ0n) is 9.87. The maximum Gasteiger partial charge on any atom is 0.229 e. The van der Waals surface area contributed by atoms with Crippen LogP contribution in [0.1, 0.15) is 38.5 Å². The number of hydrogen-bond acceptors (Lipinski definition) is 2. The minimum absolute atomic E-state index is 0. The molecule has 1 saturated heterocycles. The predicted molar refractivity (Wildman–Crippen MR) is 62.0 cm³/mol. The first kappa shape index (κ1) is 14.1. The number of rotatable bonds is 0. The minimum atomic E-state index is 0. The molecule has 5 nitrogen and oxygen atoms in total. The molecule has 0 bridgehead atoms. The molecule has 1 aliphatic heterocycles. The summed E-state index contributed by atoms with van der Waals surface area (Å²) in [5.74, 6) is 1.34. The van der Waals surface area contributed by atoms with Crippen molar-refractivity contribution in [3.05, 3.63) is 0 Å². The Hall–Kier alpha value is -0.940. The molecule has 0 aromatic rings. The molecular formula is C12H21NO4. The number of carbonyl (C=O) groups is 2. The Bertz CT molecular complexity index is 290. The van der Waals surface area contributed by atoms with Crippen LogP contribution in [0, 0.1) is 23.7 Å². The first-order valence-corrected chi connectivity index (χ1v) is 6.12. The molecule has 3 aliphatic rings. The summed E-state index contributed by atoms with van der Waals surface area (Å²) in [6.07, 6.45) is 6.80. The molecule has 17 heavy (non-hydrogen) atoms. The molecule has 1 heterocycles. The van der Waals surface area contributed by atoms with Gasteiger partial charge in [-0.15, -0.1) is 0 Å². The van der Waals surface area contributed by atoms with Gasteiger partial charge in [-0.25, -0.2) is 0 Å². The standard InChI is InChI=1S/C12H17NO2.2H2O/c14-11-8-5-1-3-7-4-2-6-9(10(7)8)12(15)13-11;;/h7-10H,1-6H2,(H,13,14,15);2*1H2. The highest BCUT2D eigenvalue weighted by molar-refractivity contribution is 6.00. The monoisotopic (exact) mass is 243 g/mol. The maximum absolute atomic E-state index is 11.7. The van der Waals surface area contributed by atoms with E-state index in [1.807, 2.05) is 0 Å². The van der Waals surface area contributed by atoms with Crippen LogP contribution in [0.4, 0.5) is 0 Å². The van der Waals surface area contributed by atoms with Crippen LogP contribution in [0.15, 0.2) is 0 Å². The van der Waals surface area contributed by atoms with Crippen LogP contribution in [0.2, 0.25) is 0 Å². The van der Waals surface area contributed by atoms with Crippen LogP contribution in [0.3, 0.4) is 0 Å². The fourth-order valence-electron chi connectivity index (χ4n) is 3.97. The number of amides is 2. The molecule has 2 atom stereocenters. The second kappa shape index (κ2) is 5.14. The maximum atomic E-state index is 11.7. The third-order valence-corrected chi connectivity index (χ3v) is 4.57. The number of piperidine rings is 1. The smallest absolute Gasteiger partial charge is 0.229 e. The summed E-state index contributed by atoms with van der Waals surface area (Å²) in [4.78, 5) is 23.5. The normalized spacial score (nSPS) is 39.3. The van der Waals surface area contributed by atoms with E-state index in [-0.39, 0.29) is 34.6 Å². The lowest BCUT2D eigenvalue weighted by molar-refractivity contribution is -0.149. The molecule has 0 spiro atoms. The van der Waals surface area contributed by atoms with Crippen molar-refractivity contribution < 1.29 is 20.5 Å². The van der Waals surface area contributed by atoms with Crippen molar-refractivity contribution in [2.75, 3.05) is 0 Å². The molecular weight excluding hydrogens is 222 g/mol. The van der Waals surface area contributed by atoms with E-state index in [0.717, 1.165) is 12.8 Å². The summed E-state index contributed by atoms with van der Waals surface area (Å²) in [6, 6.07) is 0. The molecule has 5 N–H and O–H groups in total. The Morgan fingerprint density at radius 3 is 1.76 bits per heavy atom. The van der Waals surface area contributed by atoms with Gasteiger partial charge in [0.15, 0.2) is 0 Å². The van der Waals surface area contributed by atoms with Crippen molar-refractivity contribution in [1.29, 1.82) is 0 Å². The van der Waals surface area contributed by atoms with Crippen LogP contribution in [-0.2, 0) is 9.59 Å². The third kappa shape index (κ3) is 2.09. The highest BCUT2D eigenvalue weighted by Crippen LogP contribution is 2.48. The molecule has 3 rings (SSSR count). The van der Waals surface area contributed by atoms with Gasteiger partial charge in [0, 0.05) is 11.8 Å². The first-order chi connectivity index (χ1) is 7.27. The second-order valence-corrected chi connectivity index (χ2v) is 5.27. The Morgan fingerprint density at radius 1 is 0.824 bits per heavy atom. The lowest BCUT2D eigenvalue weighted by atomic mass is 9.59. The lowest BCUT2D eigenvalue weighted by Crippen LogP contribution is -2.56.